The zero-order valence-corrected chi connectivity index (χ0v) is 30.2. The van der Waals surface area contributed by atoms with Gasteiger partial charge in [-0.1, -0.05) is 152 Å². The molecule has 1 nitrogen and oxygen atoms in total. The second-order valence-electron chi connectivity index (χ2n) is 14.1. The van der Waals surface area contributed by atoms with Crippen molar-refractivity contribution in [2.24, 2.45) is 0 Å². The molecule has 0 saturated heterocycles. The van der Waals surface area contributed by atoms with Crippen LogP contribution in [-0.4, -0.2) is 0 Å². The molecule has 11 aromatic rings. The van der Waals surface area contributed by atoms with E-state index in [1.807, 2.05) is 11.3 Å². The van der Waals surface area contributed by atoms with Crippen LogP contribution < -0.4 is 4.90 Å². The smallest absolute Gasteiger partial charge is 0.0540 e. The maximum atomic E-state index is 2.42. The molecule has 0 atom stereocenters. The molecule has 0 aliphatic carbocycles. The van der Waals surface area contributed by atoms with Gasteiger partial charge in [0, 0.05) is 36.9 Å². The Morgan fingerprint density at radius 1 is 0.296 bits per heavy atom. The summed E-state index contributed by atoms with van der Waals surface area (Å²) in [5.74, 6) is 0. The molecule has 0 unspecified atom stereocenters. The van der Waals surface area contributed by atoms with Crippen molar-refractivity contribution in [3.8, 4) is 22.3 Å². The average Bonchev–Trinajstić information content (AvgIpc) is 3.64. The largest absolute Gasteiger partial charge is 0.310 e. The molecule has 1 aromatic heterocycles. The first-order chi connectivity index (χ1) is 26.8. The molecule has 0 N–H and O–H groups in total. The Bertz CT molecular complexity index is 3190. The second-order valence-corrected chi connectivity index (χ2v) is 15.2. The quantitative estimate of drug-likeness (QED) is 0.161. The molecule has 0 aliphatic heterocycles. The van der Waals surface area contributed by atoms with Crippen molar-refractivity contribution >= 4 is 91.7 Å². The fourth-order valence-electron chi connectivity index (χ4n) is 8.44. The number of benzene rings is 10. The van der Waals surface area contributed by atoms with Gasteiger partial charge in [-0.3, -0.25) is 0 Å². The molecule has 0 amide bonds. The maximum Gasteiger partial charge on any atom is 0.0540 e. The van der Waals surface area contributed by atoms with Gasteiger partial charge >= 0.3 is 0 Å². The van der Waals surface area contributed by atoms with Crippen molar-refractivity contribution in [3.05, 3.63) is 200 Å². The summed E-state index contributed by atoms with van der Waals surface area (Å²) in [5, 5.41) is 12.9. The predicted octanol–water partition coefficient (Wildman–Crippen LogP) is 15.5. The van der Waals surface area contributed by atoms with Gasteiger partial charge in [-0.05, 0) is 108 Å². The molecule has 252 valence electrons. The lowest BCUT2D eigenvalue weighted by molar-refractivity contribution is 1.30. The number of hydrogen-bond donors (Lipinski definition) is 0. The van der Waals surface area contributed by atoms with Crippen LogP contribution in [0.5, 0.6) is 0 Å². The molecule has 10 aromatic carbocycles. The number of thiophene rings is 1. The third kappa shape index (κ3) is 4.99. The van der Waals surface area contributed by atoms with Crippen molar-refractivity contribution in [3.63, 3.8) is 0 Å². The van der Waals surface area contributed by atoms with Crippen LogP contribution in [0.3, 0.4) is 0 Å². The number of hydrogen-bond acceptors (Lipinski definition) is 2. The normalized spacial score (nSPS) is 11.7. The maximum absolute atomic E-state index is 2.42. The van der Waals surface area contributed by atoms with E-state index in [9.17, 15) is 0 Å². The highest BCUT2D eigenvalue weighted by atomic mass is 32.1. The van der Waals surface area contributed by atoms with E-state index >= 15 is 0 Å². The van der Waals surface area contributed by atoms with Crippen LogP contribution in [-0.2, 0) is 0 Å². The van der Waals surface area contributed by atoms with Crippen LogP contribution in [0.2, 0.25) is 0 Å². The van der Waals surface area contributed by atoms with E-state index in [4.69, 9.17) is 0 Å². The van der Waals surface area contributed by atoms with Gasteiger partial charge in [0.25, 0.3) is 0 Å². The lowest BCUT2D eigenvalue weighted by Crippen LogP contribution is -2.10. The van der Waals surface area contributed by atoms with Gasteiger partial charge in [0.15, 0.2) is 0 Å². The lowest BCUT2D eigenvalue weighted by atomic mass is 9.94. The van der Waals surface area contributed by atoms with Crippen molar-refractivity contribution in [1.82, 2.24) is 0 Å². The third-order valence-electron chi connectivity index (χ3n) is 11.0. The topological polar surface area (TPSA) is 3.24 Å². The zero-order valence-electron chi connectivity index (χ0n) is 29.4. The van der Waals surface area contributed by atoms with Crippen molar-refractivity contribution in [2.75, 3.05) is 4.90 Å². The highest BCUT2D eigenvalue weighted by Crippen LogP contribution is 2.45. The van der Waals surface area contributed by atoms with Gasteiger partial charge in [-0.25, -0.2) is 0 Å². The zero-order chi connectivity index (χ0) is 35.6. The SMILES string of the molecule is c1ccc(-c2ccc(N(c3ccc(-c4ccc5c(ccc6ccc7ccccc7c65)c4)cc3)c3cccc4c3ccc3sc5ccccc5c34)cc2)cc1. The molecule has 1 heterocycles. The van der Waals surface area contributed by atoms with Gasteiger partial charge < -0.3 is 4.90 Å². The number of anilines is 3. The van der Waals surface area contributed by atoms with E-state index in [0.29, 0.717) is 0 Å². The summed E-state index contributed by atoms with van der Waals surface area (Å²) in [6, 6.07) is 73.5. The Kier molecular flexibility index (Phi) is 7.11. The van der Waals surface area contributed by atoms with Crippen molar-refractivity contribution in [2.45, 2.75) is 0 Å². The minimum absolute atomic E-state index is 1.12. The fraction of sp³-hybridized carbons (Fsp3) is 0. The van der Waals surface area contributed by atoms with Crippen LogP contribution >= 0.6 is 11.3 Å². The van der Waals surface area contributed by atoms with Crippen LogP contribution in [0.4, 0.5) is 17.1 Å². The Morgan fingerprint density at radius 2 is 0.870 bits per heavy atom. The van der Waals surface area contributed by atoms with E-state index in [1.54, 1.807) is 0 Å². The first kappa shape index (κ1) is 30.8. The molecule has 2 heteroatoms. The molecule has 0 fully saturated rings. The lowest BCUT2D eigenvalue weighted by Gasteiger charge is -2.27. The molecule has 11 rings (SSSR count). The van der Waals surface area contributed by atoms with Crippen LogP contribution in [0.15, 0.2) is 200 Å². The second kappa shape index (κ2) is 12.4. The van der Waals surface area contributed by atoms with E-state index in [0.717, 1.165) is 17.1 Å². The molecule has 0 bridgehead atoms. The standard InChI is InChI=1S/C52H33NS/c1-2-9-34(10-3-1)35-21-26-41(27-22-35)53(48-15-8-14-46-45(48)31-32-50-52(46)47-13-6-7-16-49(47)54-50)42-28-23-36(24-29-42)39-25-30-44-40(33-39)20-19-38-18-17-37-11-4-5-12-43(37)51(38)44/h1-33H. The van der Waals surface area contributed by atoms with Gasteiger partial charge in [0.05, 0.1) is 5.69 Å². The molecule has 54 heavy (non-hydrogen) atoms. The van der Waals surface area contributed by atoms with Crippen molar-refractivity contribution in [1.29, 1.82) is 0 Å². The first-order valence-corrected chi connectivity index (χ1v) is 19.3. The summed E-state index contributed by atoms with van der Waals surface area (Å²) in [7, 11) is 0. The van der Waals surface area contributed by atoms with Crippen LogP contribution in [0, 0.1) is 0 Å². The van der Waals surface area contributed by atoms with Crippen LogP contribution in [0.1, 0.15) is 0 Å². The monoisotopic (exact) mass is 703 g/mol. The van der Waals surface area contributed by atoms with Crippen molar-refractivity contribution < 1.29 is 0 Å². The number of rotatable bonds is 5. The molecular formula is C52H33NS. The Hall–Kier alpha value is -6.74. The minimum Gasteiger partial charge on any atom is -0.310 e. The molecule has 0 saturated carbocycles. The number of nitrogens with zero attached hydrogens (tertiary/aromatic N) is 1. The summed E-state index contributed by atoms with van der Waals surface area (Å²) in [6.07, 6.45) is 0. The Morgan fingerprint density at radius 3 is 1.67 bits per heavy atom. The third-order valence-corrected chi connectivity index (χ3v) is 12.2. The van der Waals surface area contributed by atoms with Gasteiger partial charge in [0.1, 0.15) is 0 Å². The highest BCUT2D eigenvalue weighted by molar-refractivity contribution is 7.26. The van der Waals surface area contributed by atoms with Gasteiger partial charge in [0.2, 0.25) is 0 Å². The van der Waals surface area contributed by atoms with E-state index in [1.165, 1.54) is 85.5 Å². The number of fused-ring (bicyclic) bond motifs is 10. The molecule has 0 radical (unpaired) electrons. The molecule has 0 spiro atoms. The fourth-order valence-corrected chi connectivity index (χ4v) is 9.56. The van der Waals surface area contributed by atoms with E-state index in [2.05, 4.69) is 205 Å². The van der Waals surface area contributed by atoms with E-state index in [-0.39, 0.29) is 0 Å². The summed E-state index contributed by atoms with van der Waals surface area (Å²) >= 11 is 1.87. The van der Waals surface area contributed by atoms with Gasteiger partial charge in [-0.15, -0.1) is 11.3 Å². The Labute approximate surface area is 317 Å². The first-order valence-electron chi connectivity index (χ1n) is 18.5. The van der Waals surface area contributed by atoms with E-state index < -0.39 is 0 Å². The van der Waals surface area contributed by atoms with Gasteiger partial charge in [-0.2, -0.15) is 0 Å². The summed E-state index contributed by atoms with van der Waals surface area (Å²) in [4.78, 5) is 2.42. The average molecular weight is 704 g/mol. The summed E-state index contributed by atoms with van der Waals surface area (Å²) in [5.41, 5.74) is 8.23. The highest BCUT2D eigenvalue weighted by Gasteiger charge is 2.18. The summed E-state index contributed by atoms with van der Waals surface area (Å²) in [6.45, 7) is 0. The Balaban J connectivity index is 1.05. The molecular weight excluding hydrogens is 671 g/mol. The van der Waals surface area contributed by atoms with Crippen LogP contribution in [0.25, 0.3) is 85.5 Å². The molecule has 0 aliphatic rings. The predicted molar refractivity (Wildman–Crippen MR) is 235 cm³/mol. The minimum atomic E-state index is 1.12. The summed E-state index contributed by atoms with van der Waals surface area (Å²) < 4.78 is 2.64.